The number of nitrogens with one attached hydrogen (secondary N) is 1. The molecule has 0 radical (unpaired) electrons. The number of ether oxygens (including phenoxy) is 1. The zero-order valence-electron chi connectivity index (χ0n) is 10.0. The van der Waals surface area contributed by atoms with E-state index in [4.69, 9.17) is 4.74 Å². The summed E-state index contributed by atoms with van der Waals surface area (Å²) in [5.74, 6) is 1.01. The van der Waals surface area contributed by atoms with E-state index in [1.807, 2.05) is 0 Å². The monoisotopic (exact) mass is 211 g/mol. The van der Waals surface area contributed by atoms with E-state index in [0.717, 1.165) is 31.2 Å². The van der Waals surface area contributed by atoms with Crippen LogP contribution in [0.3, 0.4) is 0 Å². The molecule has 0 unspecified atom stereocenters. The molecule has 0 amide bonds. The molecule has 1 N–H and O–H groups in total. The first kappa shape index (κ1) is 11.4. The molecule has 1 aliphatic carbocycles. The second kappa shape index (κ2) is 5.86. The van der Waals surface area contributed by atoms with E-state index in [0.29, 0.717) is 0 Å². The topological polar surface area (TPSA) is 21.3 Å². The Balaban J connectivity index is 1.67. The zero-order valence-corrected chi connectivity index (χ0v) is 10.0. The van der Waals surface area contributed by atoms with Gasteiger partial charge in [-0.05, 0) is 44.4 Å². The Labute approximate surface area is 93.8 Å². The van der Waals surface area contributed by atoms with Crippen molar-refractivity contribution in [2.75, 3.05) is 13.2 Å². The van der Waals surface area contributed by atoms with Crippen molar-refractivity contribution < 1.29 is 4.74 Å². The van der Waals surface area contributed by atoms with Crippen molar-refractivity contribution in [1.29, 1.82) is 0 Å². The SMILES string of the molecule is CCC1CCC(NC2CCOCC2)CC1. The molecule has 2 fully saturated rings. The van der Waals surface area contributed by atoms with Crippen LogP contribution in [0.15, 0.2) is 0 Å². The minimum atomic E-state index is 0.738. The molecule has 1 heterocycles. The van der Waals surface area contributed by atoms with E-state index in [-0.39, 0.29) is 0 Å². The summed E-state index contributed by atoms with van der Waals surface area (Å²) in [5.41, 5.74) is 0. The number of hydrogen-bond acceptors (Lipinski definition) is 2. The maximum Gasteiger partial charge on any atom is 0.0480 e. The van der Waals surface area contributed by atoms with E-state index in [9.17, 15) is 0 Å². The van der Waals surface area contributed by atoms with Crippen LogP contribution in [-0.4, -0.2) is 25.3 Å². The normalized spacial score (nSPS) is 34.2. The van der Waals surface area contributed by atoms with E-state index >= 15 is 0 Å². The van der Waals surface area contributed by atoms with Crippen LogP contribution in [-0.2, 0) is 4.74 Å². The third-order valence-corrected chi connectivity index (χ3v) is 4.12. The Hall–Kier alpha value is -0.0800. The maximum atomic E-state index is 5.38. The molecular formula is C13H25NO. The van der Waals surface area contributed by atoms with Crippen LogP contribution in [0.1, 0.15) is 51.9 Å². The lowest BCUT2D eigenvalue weighted by Crippen LogP contribution is -2.43. The summed E-state index contributed by atoms with van der Waals surface area (Å²) in [6, 6.07) is 1.54. The van der Waals surface area contributed by atoms with Gasteiger partial charge >= 0.3 is 0 Å². The van der Waals surface area contributed by atoms with Gasteiger partial charge in [-0.1, -0.05) is 13.3 Å². The summed E-state index contributed by atoms with van der Waals surface area (Å²) in [6.45, 7) is 4.25. The molecule has 0 atom stereocenters. The summed E-state index contributed by atoms with van der Waals surface area (Å²) in [4.78, 5) is 0. The van der Waals surface area contributed by atoms with Crippen molar-refractivity contribution >= 4 is 0 Å². The van der Waals surface area contributed by atoms with E-state index < -0.39 is 0 Å². The van der Waals surface area contributed by atoms with Gasteiger partial charge in [-0.25, -0.2) is 0 Å². The zero-order chi connectivity index (χ0) is 10.5. The van der Waals surface area contributed by atoms with Crippen LogP contribution in [0.25, 0.3) is 0 Å². The smallest absolute Gasteiger partial charge is 0.0480 e. The van der Waals surface area contributed by atoms with Gasteiger partial charge in [0.15, 0.2) is 0 Å². The predicted molar refractivity (Wildman–Crippen MR) is 63.0 cm³/mol. The third-order valence-electron chi connectivity index (χ3n) is 4.12. The van der Waals surface area contributed by atoms with Crippen LogP contribution in [0.4, 0.5) is 0 Å². The molecule has 0 bridgehead atoms. The van der Waals surface area contributed by atoms with Crippen LogP contribution in [0.2, 0.25) is 0 Å². The lowest BCUT2D eigenvalue weighted by molar-refractivity contribution is 0.0722. The van der Waals surface area contributed by atoms with E-state index in [1.54, 1.807) is 0 Å². The molecule has 0 spiro atoms. The molecule has 0 aromatic rings. The average Bonchev–Trinajstić information content (AvgIpc) is 2.31. The minimum absolute atomic E-state index is 0.738. The van der Waals surface area contributed by atoms with Gasteiger partial charge in [-0.3, -0.25) is 0 Å². The van der Waals surface area contributed by atoms with Gasteiger partial charge in [-0.15, -0.1) is 0 Å². The molecule has 0 aromatic heterocycles. The van der Waals surface area contributed by atoms with Gasteiger partial charge in [0, 0.05) is 25.3 Å². The fourth-order valence-electron chi connectivity index (χ4n) is 2.93. The molecule has 1 aliphatic heterocycles. The van der Waals surface area contributed by atoms with Gasteiger partial charge in [-0.2, -0.15) is 0 Å². The largest absolute Gasteiger partial charge is 0.381 e. The summed E-state index contributed by atoms with van der Waals surface area (Å²) < 4.78 is 5.38. The quantitative estimate of drug-likeness (QED) is 0.775. The summed E-state index contributed by atoms with van der Waals surface area (Å²) in [6.07, 6.45) is 9.49. The van der Waals surface area contributed by atoms with Crippen LogP contribution >= 0.6 is 0 Å². The van der Waals surface area contributed by atoms with Gasteiger partial charge in [0.05, 0.1) is 0 Å². The Kier molecular flexibility index (Phi) is 4.45. The molecule has 2 aliphatic rings. The summed E-state index contributed by atoms with van der Waals surface area (Å²) in [5, 5.41) is 3.82. The third kappa shape index (κ3) is 3.46. The highest BCUT2D eigenvalue weighted by Gasteiger charge is 2.23. The summed E-state index contributed by atoms with van der Waals surface area (Å²) >= 11 is 0. The van der Waals surface area contributed by atoms with Gasteiger partial charge in [0.1, 0.15) is 0 Å². The number of hydrogen-bond donors (Lipinski definition) is 1. The second-order valence-corrected chi connectivity index (χ2v) is 5.18. The first-order valence-corrected chi connectivity index (χ1v) is 6.72. The highest BCUT2D eigenvalue weighted by atomic mass is 16.5. The highest BCUT2D eigenvalue weighted by Crippen LogP contribution is 2.27. The Bertz CT molecular complexity index is 169. The van der Waals surface area contributed by atoms with Crippen molar-refractivity contribution in [3.8, 4) is 0 Å². The molecule has 1 saturated carbocycles. The maximum absolute atomic E-state index is 5.38. The fraction of sp³-hybridized carbons (Fsp3) is 1.00. The molecule has 2 nitrogen and oxygen atoms in total. The number of rotatable bonds is 3. The van der Waals surface area contributed by atoms with Crippen molar-refractivity contribution in [1.82, 2.24) is 5.32 Å². The molecule has 88 valence electrons. The van der Waals surface area contributed by atoms with Gasteiger partial charge < -0.3 is 10.1 Å². The Morgan fingerprint density at radius 3 is 2.13 bits per heavy atom. The van der Waals surface area contributed by atoms with Crippen LogP contribution in [0.5, 0.6) is 0 Å². The molecular weight excluding hydrogens is 186 g/mol. The van der Waals surface area contributed by atoms with E-state index in [2.05, 4.69) is 12.2 Å². The van der Waals surface area contributed by atoms with Crippen LogP contribution < -0.4 is 5.32 Å². The first-order valence-electron chi connectivity index (χ1n) is 6.72. The van der Waals surface area contributed by atoms with Crippen LogP contribution in [0, 0.1) is 5.92 Å². The Morgan fingerprint density at radius 1 is 0.933 bits per heavy atom. The lowest BCUT2D eigenvalue weighted by Gasteiger charge is -2.33. The molecule has 1 saturated heterocycles. The minimum Gasteiger partial charge on any atom is -0.381 e. The summed E-state index contributed by atoms with van der Waals surface area (Å²) in [7, 11) is 0. The standard InChI is InChI=1S/C13H25NO/c1-2-11-3-5-12(6-4-11)14-13-7-9-15-10-8-13/h11-14H,2-10H2,1H3. The van der Waals surface area contributed by atoms with Gasteiger partial charge in [0.25, 0.3) is 0 Å². The molecule has 0 aromatic carbocycles. The first-order chi connectivity index (χ1) is 7.38. The second-order valence-electron chi connectivity index (χ2n) is 5.18. The van der Waals surface area contributed by atoms with Crippen molar-refractivity contribution in [2.24, 2.45) is 5.92 Å². The Morgan fingerprint density at radius 2 is 1.53 bits per heavy atom. The fourth-order valence-corrected chi connectivity index (χ4v) is 2.93. The van der Waals surface area contributed by atoms with Gasteiger partial charge in [0.2, 0.25) is 0 Å². The van der Waals surface area contributed by atoms with E-state index in [1.165, 1.54) is 44.9 Å². The van der Waals surface area contributed by atoms with Crippen molar-refractivity contribution in [2.45, 2.75) is 64.0 Å². The van der Waals surface area contributed by atoms with Crippen molar-refractivity contribution in [3.05, 3.63) is 0 Å². The van der Waals surface area contributed by atoms with Crippen molar-refractivity contribution in [3.63, 3.8) is 0 Å². The highest BCUT2D eigenvalue weighted by molar-refractivity contribution is 4.81. The molecule has 2 rings (SSSR count). The molecule has 2 heteroatoms. The molecule has 15 heavy (non-hydrogen) atoms. The average molecular weight is 211 g/mol. The predicted octanol–water partition coefficient (Wildman–Crippen LogP) is 2.72. The lowest BCUT2D eigenvalue weighted by atomic mass is 9.84.